The molecule has 0 atom stereocenters. The van der Waals surface area contributed by atoms with Crippen LogP contribution < -0.4 is 10.5 Å². The summed E-state index contributed by atoms with van der Waals surface area (Å²) in [5.74, 6) is -1.91. The predicted molar refractivity (Wildman–Crippen MR) is 146 cm³/mol. The van der Waals surface area contributed by atoms with Gasteiger partial charge in [-0.2, -0.15) is 4.37 Å². The van der Waals surface area contributed by atoms with Crippen molar-refractivity contribution in [2.45, 2.75) is 77.7 Å². The largest absolute Gasteiger partial charge is 0.464 e. The van der Waals surface area contributed by atoms with Crippen LogP contribution in [0.3, 0.4) is 0 Å². The van der Waals surface area contributed by atoms with Gasteiger partial charge in [0, 0.05) is 36.2 Å². The average Bonchev–Trinajstić information content (AvgIpc) is 3.50. The van der Waals surface area contributed by atoms with Crippen LogP contribution in [0.15, 0.2) is 19.2 Å². The summed E-state index contributed by atoms with van der Waals surface area (Å²) in [5.41, 5.74) is 6.52. The summed E-state index contributed by atoms with van der Waals surface area (Å²) in [7, 11) is 1.50. The summed E-state index contributed by atoms with van der Waals surface area (Å²) in [6.45, 7) is 11.2. The molecule has 4 rings (SSSR count). The molecule has 10 heteroatoms. The number of nitrogens with zero attached hydrogens (tertiary/aromatic N) is 3. The van der Waals surface area contributed by atoms with Gasteiger partial charge in [-0.1, -0.05) is 43.4 Å². The Labute approximate surface area is 223 Å². The number of ether oxygens (including phenoxy) is 1. The van der Waals surface area contributed by atoms with Gasteiger partial charge in [0.1, 0.15) is 6.29 Å². The van der Waals surface area contributed by atoms with E-state index >= 15 is 0 Å². The number of aromatic nitrogens is 2. The standard InChI is InChI=1S/C17H26F2N2OS.C6H7NOS.C2H4.CH5N/c1-17(18,19)12-22-16-20-14-11-21(10-8-15(14)23-16)9-7-13-5-3-2-4-6-13;1-5-4-6(2-3-8)9-7-5;2*1-2/h13H,2-12H2,1H3;3-4H,2H2,1H3;1-2H2;2H2,1H3. The van der Waals surface area contributed by atoms with Gasteiger partial charge in [-0.05, 0) is 56.9 Å². The van der Waals surface area contributed by atoms with Gasteiger partial charge in [-0.25, -0.2) is 13.8 Å². The Morgan fingerprint density at radius 1 is 1.28 bits per heavy atom. The number of hydrogen-bond donors (Lipinski definition) is 1. The molecule has 6 nitrogen and oxygen atoms in total. The molecule has 2 aromatic rings. The number of carbonyl (C=O) groups excluding carboxylic acids is 1. The Hall–Kier alpha value is -1.75. The molecule has 1 aliphatic heterocycles. The molecule has 3 heterocycles. The number of carbonyl (C=O) groups is 1. The van der Waals surface area contributed by atoms with E-state index < -0.39 is 12.5 Å². The van der Waals surface area contributed by atoms with Crippen molar-refractivity contribution < 1.29 is 18.3 Å². The van der Waals surface area contributed by atoms with Gasteiger partial charge in [0.2, 0.25) is 0 Å². The number of fused-ring (bicyclic) bond motifs is 1. The minimum absolute atomic E-state index is 0.394. The lowest BCUT2D eigenvalue weighted by Crippen LogP contribution is -2.32. The van der Waals surface area contributed by atoms with E-state index in [-0.39, 0.29) is 0 Å². The van der Waals surface area contributed by atoms with Crippen molar-refractivity contribution in [3.05, 3.63) is 40.4 Å². The van der Waals surface area contributed by atoms with Gasteiger partial charge in [0.25, 0.3) is 11.1 Å². The normalized spacial score (nSPS) is 15.7. The molecule has 1 saturated carbocycles. The number of alkyl halides is 2. The highest BCUT2D eigenvalue weighted by Crippen LogP contribution is 2.32. The quantitative estimate of drug-likeness (QED) is 0.321. The molecule has 36 heavy (non-hydrogen) atoms. The molecule has 0 bridgehead atoms. The third-order valence-corrected chi connectivity index (χ3v) is 7.74. The summed E-state index contributed by atoms with van der Waals surface area (Å²) >= 11 is 2.82. The van der Waals surface area contributed by atoms with Crippen LogP contribution in [0.4, 0.5) is 8.78 Å². The van der Waals surface area contributed by atoms with Crippen LogP contribution in [0, 0.1) is 12.8 Å². The Balaban J connectivity index is 0.000000417. The second kappa shape index (κ2) is 17.7. The highest BCUT2D eigenvalue weighted by molar-refractivity contribution is 7.13. The number of hydrogen-bond acceptors (Lipinski definition) is 8. The number of rotatable bonds is 8. The zero-order chi connectivity index (χ0) is 27.0. The van der Waals surface area contributed by atoms with E-state index in [4.69, 9.17) is 4.74 Å². The molecule has 0 saturated heterocycles. The minimum Gasteiger partial charge on any atom is -0.464 e. The summed E-state index contributed by atoms with van der Waals surface area (Å²) < 4.78 is 34.9. The summed E-state index contributed by atoms with van der Waals surface area (Å²) in [6, 6.07) is 1.93. The number of nitrogens with two attached hydrogens (primary N) is 1. The first-order chi connectivity index (χ1) is 17.3. The Morgan fingerprint density at radius 2 is 1.97 bits per heavy atom. The second-order valence-electron chi connectivity index (χ2n) is 8.83. The highest BCUT2D eigenvalue weighted by atomic mass is 32.1. The molecular weight excluding hydrogens is 502 g/mol. The number of aryl methyl sites for hydroxylation is 1. The molecule has 2 N–H and O–H groups in total. The Kier molecular flexibility index (Phi) is 15.8. The van der Waals surface area contributed by atoms with Gasteiger partial charge < -0.3 is 15.3 Å². The van der Waals surface area contributed by atoms with Crippen molar-refractivity contribution in [2.24, 2.45) is 11.7 Å². The lowest BCUT2D eigenvalue weighted by Gasteiger charge is -2.29. The van der Waals surface area contributed by atoms with E-state index in [0.717, 1.165) is 61.4 Å². The molecule has 0 radical (unpaired) electrons. The van der Waals surface area contributed by atoms with E-state index in [1.54, 1.807) is 0 Å². The topological polar surface area (TPSA) is 81.3 Å². The zero-order valence-electron chi connectivity index (χ0n) is 21.9. The van der Waals surface area contributed by atoms with E-state index in [9.17, 15) is 13.6 Å². The predicted octanol–water partition coefficient (Wildman–Crippen LogP) is 6.08. The number of halogens is 2. The van der Waals surface area contributed by atoms with Crippen molar-refractivity contribution in [2.75, 3.05) is 26.7 Å². The van der Waals surface area contributed by atoms with Crippen LogP contribution in [0.2, 0.25) is 0 Å². The van der Waals surface area contributed by atoms with Crippen molar-refractivity contribution in [1.82, 2.24) is 14.3 Å². The molecule has 0 spiro atoms. The monoisotopic (exact) mass is 544 g/mol. The Bertz CT molecular complexity index is 864. The van der Waals surface area contributed by atoms with Gasteiger partial charge in [0.15, 0.2) is 6.61 Å². The first kappa shape index (κ1) is 32.3. The Morgan fingerprint density at radius 3 is 2.56 bits per heavy atom. The maximum Gasteiger partial charge on any atom is 0.278 e. The fourth-order valence-electron chi connectivity index (χ4n) is 4.11. The van der Waals surface area contributed by atoms with E-state index in [0.29, 0.717) is 11.6 Å². The van der Waals surface area contributed by atoms with Gasteiger partial charge in [0.05, 0.1) is 11.4 Å². The minimum atomic E-state index is -2.81. The van der Waals surface area contributed by atoms with Crippen molar-refractivity contribution >= 4 is 29.2 Å². The summed E-state index contributed by atoms with van der Waals surface area (Å²) in [6.07, 6.45) is 10.6. The van der Waals surface area contributed by atoms with E-state index in [2.05, 4.69) is 33.1 Å². The molecule has 1 aliphatic carbocycles. The van der Waals surface area contributed by atoms with E-state index in [1.807, 2.05) is 13.0 Å². The van der Waals surface area contributed by atoms with Gasteiger partial charge in [-0.3, -0.25) is 4.90 Å². The molecule has 0 amide bonds. The highest BCUT2D eigenvalue weighted by Gasteiger charge is 2.26. The van der Waals surface area contributed by atoms with Crippen LogP contribution in [0.5, 0.6) is 5.19 Å². The zero-order valence-corrected chi connectivity index (χ0v) is 23.6. The van der Waals surface area contributed by atoms with Crippen LogP contribution in [0.1, 0.15) is 66.6 Å². The fraction of sp³-hybridized carbons (Fsp3) is 0.654. The molecular formula is C26H42F2N4O2S2. The lowest BCUT2D eigenvalue weighted by atomic mass is 9.87. The van der Waals surface area contributed by atoms with Gasteiger partial charge >= 0.3 is 0 Å². The summed E-state index contributed by atoms with van der Waals surface area (Å²) in [5, 5.41) is 0.394. The average molecular weight is 545 g/mol. The van der Waals surface area contributed by atoms with Crippen molar-refractivity contribution in [3.63, 3.8) is 0 Å². The first-order valence-electron chi connectivity index (χ1n) is 12.5. The molecule has 2 aliphatic rings. The SMILES string of the molecule is C=C.CC(F)(F)COc1nc2c(s1)CCN(CCC1CCCCC1)C2.CN.Cc1cc(CC=O)sn1. The summed E-state index contributed by atoms with van der Waals surface area (Å²) in [4.78, 5) is 19.1. The maximum atomic E-state index is 12.9. The number of thiazole rings is 1. The van der Waals surface area contributed by atoms with Crippen LogP contribution in [0.25, 0.3) is 0 Å². The van der Waals surface area contributed by atoms with Crippen LogP contribution in [-0.2, 0) is 24.2 Å². The third kappa shape index (κ3) is 12.5. The van der Waals surface area contributed by atoms with Crippen LogP contribution in [-0.4, -0.2) is 53.2 Å². The molecule has 204 valence electrons. The molecule has 0 aromatic carbocycles. The first-order valence-corrected chi connectivity index (χ1v) is 14.1. The second-order valence-corrected chi connectivity index (χ2v) is 10.8. The molecule has 1 fully saturated rings. The van der Waals surface area contributed by atoms with Crippen molar-refractivity contribution in [1.29, 1.82) is 0 Å². The fourth-order valence-corrected chi connectivity index (χ4v) is 5.69. The third-order valence-electron chi connectivity index (χ3n) is 5.78. The van der Waals surface area contributed by atoms with Crippen molar-refractivity contribution in [3.8, 4) is 5.19 Å². The molecule has 0 unspecified atom stereocenters. The number of aldehydes is 1. The van der Waals surface area contributed by atoms with Crippen LogP contribution >= 0.6 is 22.9 Å². The van der Waals surface area contributed by atoms with E-state index in [1.165, 1.54) is 73.3 Å². The van der Waals surface area contributed by atoms with Gasteiger partial charge in [-0.15, -0.1) is 13.2 Å². The maximum absolute atomic E-state index is 12.9. The molecule has 2 aromatic heterocycles. The smallest absolute Gasteiger partial charge is 0.278 e. The lowest BCUT2D eigenvalue weighted by molar-refractivity contribution is -0.107.